The quantitative estimate of drug-likeness (QED) is 0.399. The van der Waals surface area contributed by atoms with Crippen LogP contribution in [0.4, 0.5) is 0 Å². The molecule has 0 saturated carbocycles. The third kappa shape index (κ3) is 1.15. The summed E-state index contributed by atoms with van der Waals surface area (Å²) in [5.74, 6) is 0. The number of hydrogen-bond donors (Lipinski definition) is 0. The van der Waals surface area contributed by atoms with Crippen molar-refractivity contribution in [2.75, 3.05) is 0 Å². The molecule has 4 aromatic rings. The maximum Gasteiger partial charge on any atom is 0.227 e. The fraction of sp³-hybridized carbons (Fsp3) is 0.0588. The van der Waals surface area contributed by atoms with Crippen molar-refractivity contribution in [3.05, 3.63) is 60.4 Å². The smallest absolute Gasteiger partial charge is 0.227 e. The van der Waals surface area contributed by atoms with E-state index in [-0.39, 0.29) is 0 Å². The molecule has 0 radical (unpaired) electrons. The lowest BCUT2D eigenvalue weighted by atomic mass is 10.0. The number of fused-ring (bicyclic) bond motifs is 7. The topological polar surface area (TPSA) is 29.9 Å². The van der Waals surface area contributed by atoms with Crippen molar-refractivity contribution in [2.45, 2.75) is 6.54 Å². The number of aromatic nitrogens is 2. The van der Waals surface area contributed by atoms with Crippen molar-refractivity contribution in [3.8, 4) is 11.3 Å². The van der Waals surface area contributed by atoms with E-state index in [4.69, 9.17) is 4.42 Å². The first-order chi connectivity index (χ1) is 9.92. The lowest BCUT2D eigenvalue weighted by Crippen LogP contribution is -2.31. The van der Waals surface area contributed by atoms with E-state index in [0.29, 0.717) is 5.71 Å². The normalized spacial score (nSPS) is 12.8. The van der Waals surface area contributed by atoms with Crippen molar-refractivity contribution in [1.29, 1.82) is 0 Å². The minimum Gasteiger partial charge on any atom is -0.437 e. The van der Waals surface area contributed by atoms with Crippen molar-refractivity contribution in [2.24, 2.45) is 0 Å². The first kappa shape index (κ1) is 10.1. The highest BCUT2D eigenvalue weighted by atomic mass is 16.3. The molecule has 0 amide bonds. The summed E-state index contributed by atoms with van der Waals surface area (Å²) < 4.78 is 8.28. The molecule has 4 heterocycles. The van der Waals surface area contributed by atoms with Gasteiger partial charge in [-0.1, -0.05) is 6.07 Å². The Balaban J connectivity index is 1.99. The average molecular weight is 259 g/mol. The zero-order chi connectivity index (χ0) is 13.1. The summed E-state index contributed by atoms with van der Waals surface area (Å²) in [5, 5.41) is 2.23. The van der Waals surface area contributed by atoms with Crippen LogP contribution in [0.15, 0.2) is 59.3 Å². The lowest BCUT2D eigenvalue weighted by molar-refractivity contribution is -0.672. The van der Waals surface area contributed by atoms with Crippen LogP contribution in [0.5, 0.6) is 0 Å². The number of benzene rings is 1. The van der Waals surface area contributed by atoms with Gasteiger partial charge in [0, 0.05) is 34.7 Å². The van der Waals surface area contributed by atoms with E-state index in [0.717, 1.165) is 22.9 Å². The minimum absolute atomic E-state index is 0.713. The van der Waals surface area contributed by atoms with Crippen molar-refractivity contribution < 1.29 is 8.98 Å². The van der Waals surface area contributed by atoms with Crippen LogP contribution in [-0.2, 0) is 6.54 Å². The lowest BCUT2D eigenvalue weighted by Gasteiger charge is -1.95. The van der Waals surface area contributed by atoms with E-state index in [1.54, 1.807) is 6.20 Å². The second-order valence-electron chi connectivity index (χ2n) is 5.15. The molecule has 0 unspecified atom stereocenters. The van der Waals surface area contributed by atoms with Crippen LogP contribution in [-0.4, -0.2) is 4.98 Å². The van der Waals surface area contributed by atoms with E-state index < -0.39 is 0 Å². The maximum absolute atomic E-state index is 6.03. The zero-order valence-corrected chi connectivity index (χ0v) is 10.7. The van der Waals surface area contributed by atoms with E-state index in [2.05, 4.69) is 52.1 Å². The Labute approximate surface area is 115 Å². The highest BCUT2D eigenvalue weighted by molar-refractivity contribution is 6.08. The van der Waals surface area contributed by atoms with Gasteiger partial charge >= 0.3 is 0 Å². The molecular weight excluding hydrogens is 248 g/mol. The molecule has 5 rings (SSSR count). The summed E-state index contributed by atoms with van der Waals surface area (Å²) >= 11 is 0. The molecule has 1 aliphatic rings. The highest BCUT2D eigenvalue weighted by Crippen LogP contribution is 2.38. The third-order valence-electron chi connectivity index (χ3n) is 4.04. The Morgan fingerprint density at radius 2 is 2.00 bits per heavy atom. The number of pyridine rings is 2. The van der Waals surface area contributed by atoms with Crippen LogP contribution < -0.4 is 4.57 Å². The first-order valence-corrected chi connectivity index (χ1v) is 6.70. The standard InChI is InChI=1S/C17H11N2O/c1-2-9-19-10-11-6-7-12-13-4-3-8-18-17(13)20-16(12)15(11)14(19)5-1/h1-9H,10H2/q+1. The summed E-state index contributed by atoms with van der Waals surface area (Å²) in [4.78, 5) is 4.33. The Morgan fingerprint density at radius 3 is 3.00 bits per heavy atom. The van der Waals surface area contributed by atoms with Crippen molar-refractivity contribution in [3.63, 3.8) is 0 Å². The Bertz CT molecular complexity index is 985. The summed E-state index contributed by atoms with van der Waals surface area (Å²) in [5.41, 5.74) is 5.40. The largest absolute Gasteiger partial charge is 0.437 e. The van der Waals surface area contributed by atoms with Gasteiger partial charge in [-0.25, -0.2) is 4.98 Å². The Morgan fingerprint density at radius 1 is 1.00 bits per heavy atom. The molecule has 3 nitrogen and oxygen atoms in total. The fourth-order valence-corrected chi connectivity index (χ4v) is 3.15. The molecule has 1 aromatic carbocycles. The molecule has 0 aliphatic carbocycles. The molecule has 0 bridgehead atoms. The van der Waals surface area contributed by atoms with Gasteiger partial charge in [-0.05, 0) is 24.3 Å². The molecule has 3 aromatic heterocycles. The summed E-state index contributed by atoms with van der Waals surface area (Å²) in [7, 11) is 0. The Hall–Kier alpha value is -2.68. The van der Waals surface area contributed by atoms with Gasteiger partial charge in [-0.2, -0.15) is 4.57 Å². The monoisotopic (exact) mass is 259 g/mol. The fourth-order valence-electron chi connectivity index (χ4n) is 3.15. The SMILES string of the molecule is c1cc[n+]2c(c1)-c1c(ccc3c1oc1ncccc13)C2. The molecule has 0 saturated heterocycles. The predicted molar refractivity (Wildman–Crippen MR) is 76.2 cm³/mol. The molecule has 1 aliphatic heterocycles. The minimum atomic E-state index is 0.713. The van der Waals surface area contributed by atoms with Crippen LogP contribution in [0, 0.1) is 0 Å². The van der Waals surface area contributed by atoms with Crippen molar-refractivity contribution >= 4 is 22.1 Å². The van der Waals surface area contributed by atoms with Gasteiger partial charge in [-0.15, -0.1) is 0 Å². The maximum atomic E-state index is 6.03. The summed E-state index contributed by atoms with van der Waals surface area (Å²) in [6.07, 6.45) is 3.88. The first-order valence-electron chi connectivity index (χ1n) is 6.70. The zero-order valence-electron chi connectivity index (χ0n) is 10.7. The van der Waals surface area contributed by atoms with E-state index in [1.807, 2.05) is 6.07 Å². The predicted octanol–water partition coefficient (Wildman–Crippen LogP) is 3.30. The highest BCUT2D eigenvalue weighted by Gasteiger charge is 2.29. The van der Waals surface area contributed by atoms with E-state index in [1.165, 1.54) is 16.8 Å². The summed E-state index contributed by atoms with van der Waals surface area (Å²) in [6.45, 7) is 0.909. The average Bonchev–Trinajstić information content (AvgIpc) is 3.04. The molecule has 94 valence electrons. The number of rotatable bonds is 0. The van der Waals surface area contributed by atoms with Gasteiger partial charge in [0.25, 0.3) is 0 Å². The van der Waals surface area contributed by atoms with Crippen LogP contribution in [0.25, 0.3) is 33.3 Å². The third-order valence-corrected chi connectivity index (χ3v) is 4.04. The molecule has 0 N–H and O–H groups in total. The van der Waals surface area contributed by atoms with E-state index >= 15 is 0 Å². The van der Waals surface area contributed by atoms with Gasteiger partial charge in [0.1, 0.15) is 0 Å². The van der Waals surface area contributed by atoms with Gasteiger partial charge in [0.15, 0.2) is 18.3 Å². The van der Waals surface area contributed by atoms with Crippen LogP contribution in [0.3, 0.4) is 0 Å². The van der Waals surface area contributed by atoms with Crippen LogP contribution in [0.2, 0.25) is 0 Å². The second-order valence-corrected chi connectivity index (χ2v) is 5.15. The number of nitrogens with zero attached hydrogens (tertiary/aromatic N) is 2. The van der Waals surface area contributed by atoms with Gasteiger partial charge in [-0.3, -0.25) is 0 Å². The Kier molecular flexibility index (Phi) is 1.75. The molecule has 0 fully saturated rings. The molecule has 0 atom stereocenters. The molecule has 0 spiro atoms. The van der Waals surface area contributed by atoms with Gasteiger partial charge in [0.05, 0.1) is 5.56 Å². The van der Waals surface area contributed by atoms with Crippen LogP contribution >= 0.6 is 0 Å². The van der Waals surface area contributed by atoms with E-state index in [9.17, 15) is 0 Å². The number of furan rings is 1. The molecular formula is C17H11N2O+. The second kappa shape index (κ2) is 3.45. The van der Waals surface area contributed by atoms with Gasteiger partial charge in [0.2, 0.25) is 11.4 Å². The molecule has 3 heteroatoms. The summed E-state index contributed by atoms with van der Waals surface area (Å²) in [6, 6.07) is 14.6. The van der Waals surface area contributed by atoms with Crippen molar-refractivity contribution in [1.82, 2.24) is 4.98 Å². The number of hydrogen-bond acceptors (Lipinski definition) is 2. The molecule has 20 heavy (non-hydrogen) atoms. The van der Waals surface area contributed by atoms with Crippen LogP contribution in [0.1, 0.15) is 5.56 Å². The van der Waals surface area contributed by atoms with Gasteiger partial charge < -0.3 is 4.42 Å².